The van der Waals surface area contributed by atoms with Crippen molar-refractivity contribution in [2.24, 2.45) is 0 Å². The molecule has 0 saturated heterocycles. The Morgan fingerprint density at radius 3 is 0.444 bits per heavy atom. The van der Waals surface area contributed by atoms with Crippen molar-refractivity contribution < 1.29 is 443 Å². The van der Waals surface area contributed by atoms with E-state index in [4.69, 9.17) is 60.3 Å². The second-order valence-corrected chi connectivity index (χ2v) is 1.88. The first-order valence-electron chi connectivity index (χ1n) is 4.20. The van der Waals surface area contributed by atoms with E-state index in [2.05, 4.69) is 9.88 Å². The maximum absolute atomic E-state index is 10.5. The van der Waals surface area contributed by atoms with Crippen LogP contribution >= 0.6 is 0 Å². The zero-order valence-corrected chi connectivity index (χ0v) is 46.6. The van der Waals surface area contributed by atoms with Crippen LogP contribution in [0.5, 0.6) is 0 Å². The van der Waals surface area contributed by atoms with Crippen molar-refractivity contribution in [3.63, 3.8) is 0 Å². The molecule has 0 aromatic rings. The zero-order chi connectivity index (χ0) is 20.9. The minimum absolute atomic E-state index is 0. The first-order chi connectivity index (χ1) is 10.6. The summed E-state index contributed by atoms with van der Waals surface area (Å²) in [5, 5.41) is 101. The Morgan fingerprint density at radius 1 is 0.361 bits per heavy atom. The fourth-order valence-corrected chi connectivity index (χ4v) is 0.0630. The van der Waals surface area contributed by atoms with Gasteiger partial charge >= 0.3 is 367 Å². The third kappa shape index (κ3) is 245. The molecule has 0 rings (SSSR count). The molecule has 0 spiro atoms. The molecule has 16 nitrogen and oxygen atoms in total. The molecule has 36 heavy (non-hydrogen) atoms. The summed E-state index contributed by atoms with van der Waals surface area (Å²) in [5.41, 5.74) is 0. The van der Waals surface area contributed by atoms with Crippen LogP contribution in [0.4, 0.5) is 9.05 Å². The third-order valence-electron chi connectivity index (χ3n) is 0.307. The Kier molecular flexibility index (Phi) is 298. The molecule has 0 heterocycles. The second kappa shape index (κ2) is 96.9. The van der Waals surface area contributed by atoms with E-state index in [0.717, 1.165) is 0 Å². The van der Waals surface area contributed by atoms with Gasteiger partial charge in [0, 0.05) is 9.05 Å². The summed E-state index contributed by atoms with van der Waals surface area (Å²) in [6.07, 6.45) is 0. The predicted molar refractivity (Wildman–Crippen MR) is 37.4 cm³/mol. The van der Waals surface area contributed by atoms with E-state index in [-0.39, 0.29) is 355 Å². The number of hydrogen-bond acceptors (Lipinski definition) is 16. The average molecular weight is 637 g/mol. The van der Waals surface area contributed by atoms with E-state index < -0.39 is 41.2 Å². The first-order valence-corrected chi connectivity index (χ1v) is 4.20. The van der Waals surface area contributed by atoms with Gasteiger partial charge in [0.05, 0.1) is 0 Å². The maximum Gasteiger partial charge on any atom is 1.00 e. The van der Waals surface area contributed by atoms with Gasteiger partial charge in [-0.3, -0.25) is 29.3 Å². The molecule has 0 N–H and O–H groups in total. The smallest absolute Gasteiger partial charge is 0.907 e. The van der Waals surface area contributed by atoms with Gasteiger partial charge in [0.25, 0.3) is 0 Å². The van der Waals surface area contributed by atoms with Gasteiger partial charge in [-0.1, -0.05) is 0 Å². The van der Waals surface area contributed by atoms with Gasteiger partial charge in [-0.05, 0) is 0 Å². The van der Waals surface area contributed by atoms with Crippen molar-refractivity contribution in [2.75, 3.05) is 0 Å². The zero-order valence-electron chi connectivity index (χ0n) is 22.6. The summed E-state index contributed by atoms with van der Waals surface area (Å²) < 4.78 is 21.0. The van der Waals surface area contributed by atoms with Gasteiger partial charge in [0.1, 0.15) is 0 Å². The van der Waals surface area contributed by atoms with E-state index in [1.807, 2.05) is 0 Å². The molecule has 142 valence electrons. The van der Waals surface area contributed by atoms with Gasteiger partial charge in [0.15, 0.2) is 0 Å². The molecule has 0 aliphatic rings. The SMILES string of the molecule is O=C(OF)C(=O)OF.[Na+].[Na+].[Na+].[Na+].[Na+].[Na+].[Na+].[Na+].[Na+].[Na+].[Na+].[Na+].[O-]B([O-])[O-].[O-]B([O-])[O-].[O-]B([O-])[O-].[O-]B([O-])[O-]. The van der Waals surface area contributed by atoms with Gasteiger partial charge in [-0.2, -0.15) is 0 Å². The summed E-state index contributed by atoms with van der Waals surface area (Å²) in [5.74, 6) is -4.04. The van der Waals surface area contributed by atoms with E-state index >= 15 is 0 Å². The van der Waals surface area contributed by atoms with Crippen molar-refractivity contribution in [2.45, 2.75) is 0 Å². The topological polar surface area (TPSA) is 329 Å². The van der Waals surface area contributed by atoms with Crippen LogP contribution in [0.2, 0.25) is 0 Å². The number of hydrogen-bond donors (Lipinski definition) is 0. The summed E-state index contributed by atoms with van der Waals surface area (Å²) >= 11 is 0. The fourth-order valence-electron chi connectivity index (χ4n) is 0.0630. The molecule has 0 amide bonds. The molecular weight excluding hydrogens is 637 g/mol. The molecule has 0 fully saturated rings. The van der Waals surface area contributed by atoms with Crippen LogP contribution in [0.25, 0.3) is 0 Å². The van der Waals surface area contributed by atoms with E-state index in [1.54, 1.807) is 0 Å². The third-order valence-corrected chi connectivity index (χ3v) is 0.307. The van der Waals surface area contributed by atoms with Crippen LogP contribution in [0.15, 0.2) is 0 Å². The Labute approximate surface area is 472 Å². The Balaban J connectivity index is -0.00000000792. The van der Waals surface area contributed by atoms with Crippen molar-refractivity contribution in [3.05, 3.63) is 0 Å². The van der Waals surface area contributed by atoms with Crippen molar-refractivity contribution >= 4 is 41.2 Å². The van der Waals surface area contributed by atoms with Crippen molar-refractivity contribution in [1.29, 1.82) is 0 Å². The summed E-state index contributed by atoms with van der Waals surface area (Å²) in [6.45, 7) is 0. The number of carbonyl (C=O) groups excluding carboxylic acids is 2. The van der Waals surface area contributed by atoms with Gasteiger partial charge < -0.3 is 60.3 Å². The molecule has 0 radical (unpaired) electrons. The second-order valence-electron chi connectivity index (χ2n) is 1.88. The van der Waals surface area contributed by atoms with Crippen LogP contribution in [0, 0.1) is 0 Å². The molecule has 34 heteroatoms. The number of carbonyl (C=O) groups is 2. The van der Waals surface area contributed by atoms with Crippen LogP contribution in [-0.2, 0) is 19.5 Å². The van der Waals surface area contributed by atoms with Gasteiger partial charge in [-0.15, -0.1) is 0 Å². The molecule has 0 aromatic heterocycles. The predicted octanol–water partition coefficient (Wildman–Crippen LogP) is -51.9. The minimum Gasteiger partial charge on any atom is -0.907 e. The maximum atomic E-state index is 10.5. The first kappa shape index (κ1) is 111. The molecule has 0 aromatic carbocycles. The van der Waals surface area contributed by atoms with E-state index in [0.29, 0.717) is 0 Å². The molecular formula is C2B4F2Na12O16. The van der Waals surface area contributed by atoms with Gasteiger partial charge in [0.2, 0.25) is 0 Å². The molecule has 0 atom stereocenters. The molecule has 0 aliphatic carbocycles. The summed E-state index contributed by atoms with van der Waals surface area (Å²) in [6, 6.07) is 0. The monoisotopic (exact) mass is 638 g/mol. The van der Waals surface area contributed by atoms with Crippen molar-refractivity contribution in [1.82, 2.24) is 0 Å². The van der Waals surface area contributed by atoms with E-state index in [9.17, 15) is 18.6 Å². The molecule has 0 saturated carbocycles. The van der Waals surface area contributed by atoms with Crippen LogP contribution in [0.1, 0.15) is 0 Å². The Bertz CT molecular complexity index is 247. The fraction of sp³-hybridized carbons (Fsp3) is 0. The molecule has 0 unspecified atom stereocenters. The van der Waals surface area contributed by atoms with Crippen LogP contribution in [-0.4, -0.2) is 41.2 Å². The standard InChI is InChI=1S/C2F2O4.4BO3.12Na/c3-7-1(5)2(6)8-4;4*2-1(3)4;;;;;;;;;;;;/q;4*-3;12*+1. The average Bonchev–Trinajstić information content (AvgIpc) is 2.34. The molecule has 0 bridgehead atoms. The van der Waals surface area contributed by atoms with Crippen molar-refractivity contribution in [3.8, 4) is 0 Å². The molecule has 0 aliphatic heterocycles. The minimum atomic E-state index is -2.92. The quantitative estimate of drug-likeness (QED) is 0.176. The Morgan fingerprint density at radius 2 is 0.417 bits per heavy atom. The van der Waals surface area contributed by atoms with Crippen LogP contribution in [0.3, 0.4) is 0 Å². The summed E-state index contributed by atoms with van der Waals surface area (Å²) in [7, 11) is -11.7. The number of rotatable bonds is 0. The number of halogens is 2. The van der Waals surface area contributed by atoms with E-state index in [1.165, 1.54) is 0 Å². The Hall–Kier alpha value is 10.6. The summed E-state index contributed by atoms with van der Waals surface area (Å²) in [4.78, 5) is 23.4. The normalized spacial score (nSPS) is 4.72. The van der Waals surface area contributed by atoms with Gasteiger partial charge in [-0.25, -0.2) is 19.5 Å². The van der Waals surface area contributed by atoms with Crippen LogP contribution < -0.4 is 415 Å². The largest absolute Gasteiger partial charge is 1.00 e.